The van der Waals surface area contributed by atoms with E-state index in [1.807, 2.05) is 0 Å². The normalized spacial score (nSPS) is 55.3. The van der Waals surface area contributed by atoms with Crippen molar-refractivity contribution in [3.8, 4) is 0 Å². The Morgan fingerprint density at radius 3 is 2.16 bits per heavy atom. The second-order valence-electron chi connectivity index (χ2n) is 15.8. The minimum atomic E-state index is -1.63. The number of carbonyl (C=O) groups excluding carboxylic acids is 1. The van der Waals surface area contributed by atoms with Gasteiger partial charge in [0.05, 0.1) is 24.9 Å². The number of aliphatic hydroxyl groups is 7. The molecule has 12 nitrogen and oxygen atoms in total. The van der Waals surface area contributed by atoms with Gasteiger partial charge in [0.1, 0.15) is 48.5 Å². The van der Waals surface area contributed by atoms with Gasteiger partial charge < -0.3 is 54.7 Å². The van der Waals surface area contributed by atoms with Crippen molar-refractivity contribution in [2.45, 2.75) is 146 Å². The largest absolute Gasteiger partial charge is 0.388 e. The molecule has 44 heavy (non-hydrogen) atoms. The van der Waals surface area contributed by atoms with Gasteiger partial charge in [0, 0.05) is 11.8 Å². The van der Waals surface area contributed by atoms with Crippen molar-refractivity contribution < 1.29 is 59.5 Å². The van der Waals surface area contributed by atoms with E-state index in [1.165, 1.54) is 6.92 Å². The molecule has 6 rings (SSSR count). The van der Waals surface area contributed by atoms with Crippen LogP contribution in [-0.2, 0) is 23.7 Å². The predicted molar refractivity (Wildman–Crippen MR) is 153 cm³/mol. The summed E-state index contributed by atoms with van der Waals surface area (Å²) < 4.78 is 22.8. The zero-order valence-electron chi connectivity index (χ0n) is 26.2. The van der Waals surface area contributed by atoms with Crippen molar-refractivity contribution >= 4 is 5.78 Å². The van der Waals surface area contributed by atoms with E-state index in [0.29, 0.717) is 30.5 Å². The van der Waals surface area contributed by atoms with Crippen LogP contribution < -0.4 is 0 Å². The average molecular weight is 629 g/mol. The maximum atomic E-state index is 12.9. The summed E-state index contributed by atoms with van der Waals surface area (Å²) in [5.74, 6) is 1.10. The molecule has 0 aromatic carbocycles. The first-order valence-corrected chi connectivity index (χ1v) is 16.4. The molecule has 2 aliphatic heterocycles. The Labute approximate surface area is 258 Å². The Kier molecular flexibility index (Phi) is 8.61. The van der Waals surface area contributed by atoms with Crippen LogP contribution in [0.5, 0.6) is 0 Å². The second kappa shape index (κ2) is 11.4. The van der Waals surface area contributed by atoms with Gasteiger partial charge in [-0.2, -0.15) is 0 Å². The highest BCUT2D eigenvalue weighted by molar-refractivity contribution is 5.85. The molecule has 252 valence electrons. The predicted octanol–water partition coefficient (Wildman–Crippen LogP) is -0.00240. The van der Waals surface area contributed by atoms with E-state index in [-0.39, 0.29) is 35.4 Å². The Balaban J connectivity index is 1.11. The summed E-state index contributed by atoms with van der Waals surface area (Å²) in [5, 5.41) is 74.2. The lowest BCUT2D eigenvalue weighted by Crippen LogP contribution is -2.61. The van der Waals surface area contributed by atoms with Gasteiger partial charge in [-0.15, -0.1) is 0 Å². The molecule has 6 fully saturated rings. The number of carbonyl (C=O) groups is 1. The molecular weight excluding hydrogens is 576 g/mol. The van der Waals surface area contributed by atoms with Gasteiger partial charge in [-0.05, 0) is 80.5 Å². The molecule has 0 radical (unpaired) electrons. The van der Waals surface area contributed by atoms with Gasteiger partial charge in [-0.1, -0.05) is 20.8 Å². The molecule has 12 heteroatoms. The Bertz CT molecular complexity index is 1090. The SMILES string of the molecule is C[C@@H]1O[C@@H](OC[C@H]2OC(OC[C@@]3(O)C[C@@]45CC[C@@H]6C(C)(C)C(=O)CC[C@@]6(C)[C@@H]4CC[C@@H]3C5)[C@H](O)[C@@H](O)[C@@H]2O)[C@H](O)[C@H](O)[C@H]1O. The molecule has 1 unspecified atom stereocenters. The topological polar surface area (TPSA) is 196 Å². The van der Waals surface area contributed by atoms with Gasteiger partial charge in [0.2, 0.25) is 0 Å². The Hall–Kier alpha value is -0.770. The number of fused-ring (bicyclic) bond motifs is 3. The van der Waals surface area contributed by atoms with E-state index in [9.17, 15) is 40.5 Å². The van der Waals surface area contributed by atoms with Crippen LogP contribution >= 0.6 is 0 Å². The molecule has 4 aliphatic carbocycles. The van der Waals surface area contributed by atoms with E-state index >= 15 is 0 Å². The standard InChI is InChI=1S/C32H52O12/c1-15-21(34)23(36)25(38)27(43-15)41-12-17-22(35)24(37)26(39)28(44-17)42-14-32(40)13-31-10-7-18-29(2,3)20(33)8-9-30(18,4)19(31)6-5-16(32)11-31/h15-19,21-28,34-40H,5-14H2,1-4H3/t15-,16+,17+,18+,19-,21-,22+,23+,24-,25+,26+,27+,28?,30+,31-,32-/m0/s1. The minimum Gasteiger partial charge on any atom is -0.388 e. The fourth-order valence-corrected chi connectivity index (χ4v) is 10.6. The minimum absolute atomic E-state index is 0.0150. The molecule has 2 saturated heterocycles. The van der Waals surface area contributed by atoms with Crippen LogP contribution in [0.1, 0.15) is 79.1 Å². The molecular formula is C32H52O12. The van der Waals surface area contributed by atoms with Crippen LogP contribution in [0.3, 0.4) is 0 Å². The van der Waals surface area contributed by atoms with Crippen molar-refractivity contribution in [3.05, 3.63) is 0 Å². The number of ketones is 1. The van der Waals surface area contributed by atoms with Crippen LogP contribution in [0.25, 0.3) is 0 Å². The number of rotatable bonds is 6. The van der Waals surface area contributed by atoms with Crippen LogP contribution in [0.2, 0.25) is 0 Å². The summed E-state index contributed by atoms with van der Waals surface area (Å²) >= 11 is 0. The summed E-state index contributed by atoms with van der Waals surface area (Å²) in [5.41, 5.74) is -1.51. The van der Waals surface area contributed by atoms with E-state index in [1.54, 1.807) is 0 Å². The number of ether oxygens (including phenoxy) is 4. The van der Waals surface area contributed by atoms with Gasteiger partial charge in [0.15, 0.2) is 12.6 Å². The van der Waals surface area contributed by atoms with Crippen LogP contribution in [-0.4, -0.2) is 122 Å². The highest BCUT2D eigenvalue weighted by Gasteiger charge is 2.68. The van der Waals surface area contributed by atoms with Gasteiger partial charge >= 0.3 is 0 Å². The van der Waals surface area contributed by atoms with E-state index in [2.05, 4.69) is 20.8 Å². The lowest BCUT2D eigenvalue weighted by Gasteiger charge is -2.63. The highest BCUT2D eigenvalue weighted by atomic mass is 16.7. The maximum Gasteiger partial charge on any atom is 0.186 e. The molecule has 1 spiro atoms. The zero-order valence-corrected chi connectivity index (χ0v) is 26.2. The molecule has 2 bridgehead atoms. The van der Waals surface area contributed by atoms with Crippen LogP contribution in [0, 0.1) is 34.0 Å². The maximum absolute atomic E-state index is 12.9. The quantitative estimate of drug-likeness (QED) is 0.208. The van der Waals surface area contributed by atoms with Gasteiger partial charge in [0.25, 0.3) is 0 Å². The van der Waals surface area contributed by atoms with Crippen molar-refractivity contribution in [3.63, 3.8) is 0 Å². The van der Waals surface area contributed by atoms with E-state index < -0.39 is 67.0 Å². The lowest BCUT2D eigenvalue weighted by molar-refractivity contribution is -0.332. The Morgan fingerprint density at radius 1 is 0.795 bits per heavy atom. The smallest absolute Gasteiger partial charge is 0.186 e. The van der Waals surface area contributed by atoms with Crippen molar-refractivity contribution in [2.75, 3.05) is 13.2 Å². The fourth-order valence-electron chi connectivity index (χ4n) is 10.6. The number of Topliss-reactive ketones (excluding diaryl/α,β-unsaturated/α-hetero) is 1. The fraction of sp³-hybridized carbons (Fsp3) is 0.969. The van der Waals surface area contributed by atoms with Crippen molar-refractivity contribution in [1.29, 1.82) is 0 Å². The van der Waals surface area contributed by atoms with Crippen molar-refractivity contribution in [2.24, 2.45) is 34.0 Å². The second-order valence-corrected chi connectivity index (χ2v) is 15.8. The summed E-state index contributed by atoms with van der Waals surface area (Å²) in [6.45, 7) is 7.61. The van der Waals surface area contributed by atoms with Crippen molar-refractivity contribution in [1.82, 2.24) is 0 Å². The third-order valence-electron chi connectivity index (χ3n) is 13.0. The highest BCUT2D eigenvalue weighted by Crippen LogP contribution is 2.72. The molecule has 0 amide bonds. The van der Waals surface area contributed by atoms with Gasteiger partial charge in [-0.3, -0.25) is 4.79 Å². The van der Waals surface area contributed by atoms with Crippen LogP contribution in [0.15, 0.2) is 0 Å². The van der Waals surface area contributed by atoms with E-state index in [4.69, 9.17) is 18.9 Å². The molecule has 4 saturated carbocycles. The molecule has 0 aromatic rings. The molecule has 7 N–H and O–H groups in total. The first kappa shape index (κ1) is 33.1. The summed E-state index contributed by atoms with van der Waals surface area (Å²) in [6.07, 6.45) is -7.09. The lowest BCUT2D eigenvalue weighted by atomic mass is 9.41. The average Bonchev–Trinajstić information content (AvgIpc) is 3.18. The molecule has 2 heterocycles. The monoisotopic (exact) mass is 628 g/mol. The summed E-state index contributed by atoms with van der Waals surface area (Å²) in [4.78, 5) is 12.9. The molecule has 0 aromatic heterocycles. The summed E-state index contributed by atoms with van der Waals surface area (Å²) in [7, 11) is 0. The third kappa shape index (κ3) is 5.11. The van der Waals surface area contributed by atoms with Gasteiger partial charge in [-0.25, -0.2) is 0 Å². The molecule has 16 atom stereocenters. The third-order valence-corrected chi connectivity index (χ3v) is 13.0. The van der Waals surface area contributed by atoms with Crippen LogP contribution in [0.4, 0.5) is 0 Å². The van der Waals surface area contributed by atoms with E-state index in [0.717, 1.165) is 38.5 Å². The zero-order chi connectivity index (χ0) is 32.0. The molecule has 6 aliphatic rings. The first-order chi connectivity index (χ1) is 20.5. The Morgan fingerprint density at radius 2 is 1.45 bits per heavy atom. The first-order valence-electron chi connectivity index (χ1n) is 16.4. The number of hydrogen-bond acceptors (Lipinski definition) is 12. The summed E-state index contributed by atoms with van der Waals surface area (Å²) in [6, 6.07) is 0. The number of hydrogen-bond donors (Lipinski definition) is 7. The number of aliphatic hydroxyl groups excluding tert-OH is 6.